The Hall–Kier alpha value is -3.91. The number of anilines is 1. The summed E-state index contributed by atoms with van der Waals surface area (Å²) in [7, 11) is 0. The second-order valence-corrected chi connectivity index (χ2v) is 6.29. The van der Waals surface area contributed by atoms with Crippen molar-refractivity contribution in [2.24, 2.45) is 0 Å². The zero-order valence-electron chi connectivity index (χ0n) is 15.3. The number of carbonyl (C=O) groups excluding carboxylic acids is 2. The largest absolute Gasteiger partial charge is 0.345 e. The third-order valence-corrected chi connectivity index (χ3v) is 4.34. The molecular formula is C23H19N3O2. The number of benzene rings is 3. The van der Waals surface area contributed by atoms with Gasteiger partial charge < -0.3 is 10.6 Å². The summed E-state index contributed by atoms with van der Waals surface area (Å²) in [5, 5.41) is 14.6. The van der Waals surface area contributed by atoms with Crippen LogP contribution in [-0.2, 0) is 0 Å². The maximum Gasteiger partial charge on any atom is 0.255 e. The van der Waals surface area contributed by atoms with E-state index in [1.54, 1.807) is 48.5 Å². The van der Waals surface area contributed by atoms with Gasteiger partial charge in [0.15, 0.2) is 0 Å². The minimum atomic E-state index is -0.346. The van der Waals surface area contributed by atoms with Gasteiger partial charge in [-0.3, -0.25) is 9.59 Å². The van der Waals surface area contributed by atoms with Crippen molar-refractivity contribution in [3.8, 4) is 6.07 Å². The Morgan fingerprint density at radius 2 is 1.50 bits per heavy atom. The highest BCUT2D eigenvalue weighted by atomic mass is 16.2. The highest BCUT2D eigenvalue weighted by Crippen LogP contribution is 2.19. The van der Waals surface area contributed by atoms with Crippen LogP contribution in [0.3, 0.4) is 0 Å². The fraction of sp³-hybridized carbons (Fsp3) is 0.0870. The summed E-state index contributed by atoms with van der Waals surface area (Å²) in [5.41, 5.74) is 2.69. The Labute approximate surface area is 163 Å². The second kappa shape index (κ2) is 8.65. The van der Waals surface area contributed by atoms with Crippen molar-refractivity contribution >= 4 is 17.5 Å². The quantitative estimate of drug-likeness (QED) is 0.703. The first kappa shape index (κ1) is 18.9. The van der Waals surface area contributed by atoms with Gasteiger partial charge in [0.05, 0.1) is 28.9 Å². The van der Waals surface area contributed by atoms with E-state index < -0.39 is 0 Å². The predicted molar refractivity (Wildman–Crippen MR) is 108 cm³/mol. The van der Waals surface area contributed by atoms with E-state index in [0.29, 0.717) is 22.4 Å². The third kappa shape index (κ3) is 4.43. The summed E-state index contributed by atoms with van der Waals surface area (Å²) in [5.74, 6) is -0.618. The van der Waals surface area contributed by atoms with E-state index in [1.165, 1.54) is 0 Å². The van der Waals surface area contributed by atoms with E-state index in [1.807, 2.05) is 43.3 Å². The van der Waals surface area contributed by atoms with Crippen molar-refractivity contribution in [3.63, 3.8) is 0 Å². The van der Waals surface area contributed by atoms with Crippen molar-refractivity contribution in [2.75, 3.05) is 5.32 Å². The first-order valence-electron chi connectivity index (χ1n) is 8.85. The number of nitriles is 1. The molecule has 0 bridgehead atoms. The lowest BCUT2D eigenvalue weighted by molar-refractivity contribution is 0.0941. The van der Waals surface area contributed by atoms with Gasteiger partial charge in [-0.1, -0.05) is 42.5 Å². The summed E-state index contributed by atoms with van der Waals surface area (Å²) in [4.78, 5) is 25.3. The molecule has 3 aromatic rings. The smallest absolute Gasteiger partial charge is 0.255 e. The average Bonchev–Trinajstić information content (AvgIpc) is 2.74. The molecule has 0 fully saturated rings. The number of hydrogen-bond donors (Lipinski definition) is 2. The second-order valence-electron chi connectivity index (χ2n) is 6.29. The molecule has 0 aliphatic heterocycles. The van der Waals surface area contributed by atoms with Gasteiger partial charge in [-0.2, -0.15) is 5.26 Å². The standard InChI is InChI=1S/C23H19N3O2/c1-16(18-7-3-2-4-8-18)25-23(28)20-9-5-6-10-21(20)26-22(27)19-13-11-17(15-24)12-14-19/h2-14,16H,1H3,(H,25,28)(H,26,27)/t16-/m0/s1. The van der Waals surface area contributed by atoms with Crippen molar-refractivity contribution in [1.82, 2.24) is 5.32 Å². The number of amides is 2. The molecule has 3 aromatic carbocycles. The van der Waals surface area contributed by atoms with E-state index in [2.05, 4.69) is 10.6 Å². The Kier molecular flexibility index (Phi) is 5.83. The molecule has 0 saturated heterocycles. The van der Waals surface area contributed by atoms with Gasteiger partial charge >= 0.3 is 0 Å². The monoisotopic (exact) mass is 369 g/mol. The van der Waals surface area contributed by atoms with Crippen LogP contribution in [0.15, 0.2) is 78.9 Å². The molecule has 0 spiro atoms. The molecule has 0 aliphatic carbocycles. The Morgan fingerprint density at radius 1 is 0.857 bits per heavy atom. The van der Waals surface area contributed by atoms with Gasteiger partial charge in [0, 0.05) is 5.56 Å². The van der Waals surface area contributed by atoms with Gasteiger partial charge in [-0.15, -0.1) is 0 Å². The Balaban J connectivity index is 1.76. The molecule has 3 rings (SSSR count). The lowest BCUT2D eigenvalue weighted by Crippen LogP contribution is -2.28. The van der Waals surface area contributed by atoms with Gasteiger partial charge in [0.25, 0.3) is 11.8 Å². The SMILES string of the molecule is C[C@H](NC(=O)c1ccccc1NC(=O)c1ccc(C#N)cc1)c1ccccc1. The first-order valence-corrected chi connectivity index (χ1v) is 8.85. The van der Waals surface area contributed by atoms with Crippen molar-refractivity contribution in [1.29, 1.82) is 5.26 Å². The highest BCUT2D eigenvalue weighted by molar-refractivity contribution is 6.09. The summed E-state index contributed by atoms with van der Waals surface area (Å²) in [6, 6.07) is 24.7. The molecular weight excluding hydrogens is 350 g/mol. The molecule has 0 heterocycles. The van der Waals surface area contributed by atoms with E-state index in [-0.39, 0.29) is 17.9 Å². The summed E-state index contributed by atoms with van der Waals surface area (Å²) >= 11 is 0. The van der Waals surface area contributed by atoms with Crippen LogP contribution in [0, 0.1) is 11.3 Å². The van der Waals surface area contributed by atoms with Crippen molar-refractivity contribution in [2.45, 2.75) is 13.0 Å². The molecule has 0 saturated carbocycles. The van der Waals surface area contributed by atoms with Crippen molar-refractivity contribution in [3.05, 3.63) is 101 Å². The fourth-order valence-electron chi connectivity index (χ4n) is 2.78. The van der Waals surface area contributed by atoms with Gasteiger partial charge in [-0.25, -0.2) is 0 Å². The number of rotatable bonds is 5. The highest BCUT2D eigenvalue weighted by Gasteiger charge is 2.16. The van der Waals surface area contributed by atoms with Crippen LogP contribution in [0.1, 0.15) is 44.8 Å². The number of para-hydroxylation sites is 1. The Morgan fingerprint density at radius 3 is 2.18 bits per heavy atom. The molecule has 28 heavy (non-hydrogen) atoms. The van der Waals surface area contributed by atoms with Crippen LogP contribution < -0.4 is 10.6 Å². The first-order chi connectivity index (χ1) is 13.6. The summed E-state index contributed by atoms with van der Waals surface area (Å²) < 4.78 is 0. The maximum absolute atomic E-state index is 12.8. The number of carbonyl (C=O) groups is 2. The molecule has 5 nitrogen and oxygen atoms in total. The molecule has 5 heteroatoms. The van der Waals surface area contributed by atoms with E-state index >= 15 is 0 Å². The van der Waals surface area contributed by atoms with E-state index in [0.717, 1.165) is 5.56 Å². The zero-order valence-corrected chi connectivity index (χ0v) is 15.3. The number of hydrogen-bond acceptors (Lipinski definition) is 3. The Bertz CT molecular complexity index is 1020. The number of nitrogens with zero attached hydrogens (tertiary/aromatic N) is 1. The molecule has 2 N–H and O–H groups in total. The lowest BCUT2D eigenvalue weighted by Gasteiger charge is -2.16. The third-order valence-electron chi connectivity index (χ3n) is 4.34. The molecule has 0 aromatic heterocycles. The predicted octanol–water partition coefficient (Wildman–Crippen LogP) is 4.30. The van der Waals surface area contributed by atoms with Gasteiger partial charge in [-0.05, 0) is 48.9 Å². The molecule has 0 unspecified atom stereocenters. The van der Waals surface area contributed by atoms with Crippen LogP contribution >= 0.6 is 0 Å². The normalized spacial score (nSPS) is 11.1. The van der Waals surface area contributed by atoms with Crippen LogP contribution in [0.25, 0.3) is 0 Å². The fourth-order valence-corrected chi connectivity index (χ4v) is 2.78. The van der Waals surface area contributed by atoms with Gasteiger partial charge in [0.1, 0.15) is 0 Å². The van der Waals surface area contributed by atoms with Crippen LogP contribution in [0.4, 0.5) is 5.69 Å². The van der Waals surface area contributed by atoms with Crippen LogP contribution in [-0.4, -0.2) is 11.8 Å². The average molecular weight is 369 g/mol. The van der Waals surface area contributed by atoms with Crippen LogP contribution in [0.5, 0.6) is 0 Å². The van der Waals surface area contributed by atoms with E-state index in [4.69, 9.17) is 5.26 Å². The maximum atomic E-state index is 12.8. The number of nitrogens with one attached hydrogen (secondary N) is 2. The summed E-state index contributed by atoms with van der Waals surface area (Å²) in [6.07, 6.45) is 0. The van der Waals surface area contributed by atoms with E-state index in [9.17, 15) is 9.59 Å². The molecule has 1 atom stereocenters. The topological polar surface area (TPSA) is 82.0 Å². The van der Waals surface area contributed by atoms with Crippen molar-refractivity contribution < 1.29 is 9.59 Å². The minimum absolute atomic E-state index is 0.170. The summed E-state index contributed by atoms with van der Waals surface area (Å²) in [6.45, 7) is 1.91. The molecule has 0 aliphatic rings. The molecule has 2 amide bonds. The van der Waals surface area contributed by atoms with Gasteiger partial charge in [0.2, 0.25) is 0 Å². The molecule has 0 radical (unpaired) electrons. The lowest BCUT2D eigenvalue weighted by atomic mass is 10.1. The molecule has 138 valence electrons. The minimum Gasteiger partial charge on any atom is -0.345 e. The zero-order chi connectivity index (χ0) is 19.9. The van der Waals surface area contributed by atoms with Crippen LogP contribution in [0.2, 0.25) is 0 Å².